The van der Waals surface area contributed by atoms with E-state index in [-0.39, 0.29) is 6.54 Å². The second-order valence-electron chi connectivity index (χ2n) is 6.55. The van der Waals surface area contributed by atoms with Crippen molar-refractivity contribution in [2.24, 2.45) is 11.1 Å². The number of alkyl halides is 1. The van der Waals surface area contributed by atoms with Gasteiger partial charge in [-0.3, -0.25) is 0 Å². The van der Waals surface area contributed by atoms with E-state index in [1.165, 1.54) is 24.0 Å². The van der Waals surface area contributed by atoms with Crippen molar-refractivity contribution < 1.29 is 4.39 Å². The molecular formula is C16H24FN. The Morgan fingerprint density at radius 2 is 1.83 bits per heavy atom. The van der Waals surface area contributed by atoms with Gasteiger partial charge in [0.25, 0.3) is 0 Å². The molecule has 1 aromatic rings. The van der Waals surface area contributed by atoms with Crippen LogP contribution in [0.1, 0.15) is 43.9 Å². The summed E-state index contributed by atoms with van der Waals surface area (Å²) in [5.74, 6) is 0. The molecule has 1 aliphatic carbocycles. The fourth-order valence-corrected chi connectivity index (χ4v) is 2.70. The zero-order valence-electron chi connectivity index (χ0n) is 11.7. The minimum absolute atomic E-state index is 0.0770. The molecule has 0 aliphatic heterocycles. The van der Waals surface area contributed by atoms with Crippen LogP contribution in [0.5, 0.6) is 0 Å². The molecular weight excluding hydrogens is 225 g/mol. The highest BCUT2D eigenvalue weighted by Crippen LogP contribution is 2.37. The van der Waals surface area contributed by atoms with Crippen molar-refractivity contribution in [3.05, 3.63) is 34.9 Å². The second-order valence-corrected chi connectivity index (χ2v) is 6.55. The summed E-state index contributed by atoms with van der Waals surface area (Å²) >= 11 is 0. The average molecular weight is 249 g/mol. The molecule has 2 rings (SSSR count). The van der Waals surface area contributed by atoms with Crippen LogP contribution in [0.4, 0.5) is 4.39 Å². The van der Waals surface area contributed by atoms with Gasteiger partial charge in [0.2, 0.25) is 0 Å². The topological polar surface area (TPSA) is 26.0 Å². The first-order valence-electron chi connectivity index (χ1n) is 6.85. The molecule has 1 aromatic carbocycles. The van der Waals surface area contributed by atoms with Crippen molar-refractivity contribution in [1.29, 1.82) is 0 Å². The first-order chi connectivity index (χ1) is 8.36. The van der Waals surface area contributed by atoms with Crippen molar-refractivity contribution >= 4 is 0 Å². The summed E-state index contributed by atoms with van der Waals surface area (Å²) in [6, 6.07) is 6.41. The Bertz CT molecular complexity index is 433. The minimum Gasteiger partial charge on any atom is -0.327 e. The van der Waals surface area contributed by atoms with E-state index < -0.39 is 11.1 Å². The molecule has 0 aromatic heterocycles. The van der Waals surface area contributed by atoms with Crippen molar-refractivity contribution in [3.8, 4) is 0 Å². The molecule has 0 fully saturated rings. The summed E-state index contributed by atoms with van der Waals surface area (Å²) in [6.45, 7) is 5.85. The molecule has 0 heterocycles. The number of hydrogen-bond donors (Lipinski definition) is 1. The summed E-state index contributed by atoms with van der Waals surface area (Å²) < 4.78 is 14.9. The third kappa shape index (κ3) is 2.44. The Morgan fingerprint density at radius 3 is 2.44 bits per heavy atom. The highest BCUT2D eigenvalue weighted by Gasteiger charge is 2.41. The number of halogens is 1. The van der Waals surface area contributed by atoms with Crippen LogP contribution in [0.25, 0.3) is 0 Å². The van der Waals surface area contributed by atoms with E-state index in [9.17, 15) is 4.39 Å². The average Bonchev–Trinajstić information content (AvgIpc) is 2.74. The molecule has 18 heavy (non-hydrogen) atoms. The quantitative estimate of drug-likeness (QED) is 0.872. The van der Waals surface area contributed by atoms with Gasteiger partial charge < -0.3 is 5.73 Å². The zero-order valence-corrected chi connectivity index (χ0v) is 11.7. The molecule has 0 saturated heterocycles. The molecule has 1 unspecified atom stereocenters. The van der Waals surface area contributed by atoms with Crippen LogP contribution in [0.15, 0.2) is 18.2 Å². The number of rotatable bonds is 3. The van der Waals surface area contributed by atoms with Gasteiger partial charge in [-0.2, -0.15) is 0 Å². The summed E-state index contributed by atoms with van der Waals surface area (Å²) in [5.41, 5.74) is 7.84. The van der Waals surface area contributed by atoms with Gasteiger partial charge in [-0.1, -0.05) is 39.0 Å². The Labute approximate surface area is 110 Å². The van der Waals surface area contributed by atoms with E-state index >= 15 is 0 Å². The molecule has 0 radical (unpaired) electrons. The number of aryl methyl sites for hydroxylation is 2. The SMILES string of the molecule is CC(C)(C)C(F)(CN)Cc1ccc2c(c1)CCC2. The molecule has 0 spiro atoms. The van der Waals surface area contributed by atoms with Crippen molar-refractivity contribution in [3.63, 3.8) is 0 Å². The van der Waals surface area contributed by atoms with Gasteiger partial charge in [-0.25, -0.2) is 4.39 Å². The van der Waals surface area contributed by atoms with Crippen LogP contribution in [0, 0.1) is 5.41 Å². The lowest BCUT2D eigenvalue weighted by molar-refractivity contribution is 0.0382. The third-order valence-electron chi connectivity index (χ3n) is 4.31. The van der Waals surface area contributed by atoms with Crippen LogP contribution in [-0.2, 0) is 19.3 Å². The third-order valence-corrected chi connectivity index (χ3v) is 4.31. The van der Waals surface area contributed by atoms with E-state index in [0.717, 1.165) is 12.0 Å². The zero-order chi connectivity index (χ0) is 13.4. The Balaban J connectivity index is 2.23. The van der Waals surface area contributed by atoms with Crippen LogP contribution < -0.4 is 5.73 Å². The largest absolute Gasteiger partial charge is 0.327 e. The summed E-state index contributed by atoms with van der Waals surface area (Å²) in [5, 5.41) is 0. The number of fused-ring (bicyclic) bond motifs is 1. The first kappa shape index (κ1) is 13.5. The molecule has 0 bridgehead atoms. The molecule has 1 nitrogen and oxygen atoms in total. The van der Waals surface area contributed by atoms with E-state index in [1.807, 2.05) is 20.8 Å². The van der Waals surface area contributed by atoms with Crippen molar-refractivity contribution in [2.75, 3.05) is 6.54 Å². The van der Waals surface area contributed by atoms with E-state index in [4.69, 9.17) is 5.73 Å². The van der Waals surface area contributed by atoms with Crippen molar-refractivity contribution in [2.45, 2.75) is 52.1 Å². The molecule has 1 atom stereocenters. The fourth-order valence-electron chi connectivity index (χ4n) is 2.70. The van der Waals surface area contributed by atoms with E-state index in [1.54, 1.807) is 0 Å². The molecule has 0 amide bonds. The van der Waals surface area contributed by atoms with E-state index in [2.05, 4.69) is 18.2 Å². The normalized spacial score (nSPS) is 18.5. The van der Waals surface area contributed by atoms with E-state index in [0.29, 0.717) is 6.42 Å². The van der Waals surface area contributed by atoms with Crippen LogP contribution >= 0.6 is 0 Å². The smallest absolute Gasteiger partial charge is 0.132 e. The highest BCUT2D eigenvalue weighted by molar-refractivity contribution is 5.36. The predicted octanol–water partition coefficient (Wildman–Crippen LogP) is 3.43. The predicted molar refractivity (Wildman–Crippen MR) is 74.5 cm³/mol. The summed E-state index contributed by atoms with van der Waals surface area (Å²) in [6.07, 6.45) is 3.96. The molecule has 1 aliphatic rings. The minimum atomic E-state index is -1.33. The maximum Gasteiger partial charge on any atom is 0.132 e. The summed E-state index contributed by atoms with van der Waals surface area (Å²) in [7, 11) is 0. The first-order valence-corrected chi connectivity index (χ1v) is 6.85. The second kappa shape index (κ2) is 4.65. The van der Waals surface area contributed by atoms with Gasteiger partial charge in [0, 0.05) is 13.0 Å². The maximum atomic E-state index is 14.9. The lowest BCUT2D eigenvalue weighted by atomic mass is 9.74. The summed E-state index contributed by atoms with van der Waals surface area (Å²) in [4.78, 5) is 0. The Hall–Kier alpha value is -0.890. The molecule has 100 valence electrons. The van der Waals surface area contributed by atoms with Gasteiger partial charge in [-0.15, -0.1) is 0 Å². The Kier molecular flexibility index (Phi) is 3.50. The van der Waals surface area contributed by atoms with Gasteiger partial charge in [0.1, 0.15) is 5.67 Å². The van der Waals surface area contributed by atoms with Gasteiger partial charge >= 0.3 is 0 Å². The van der Waals surface area contributed by atoms with Crippen LogP contribution in [0.2, 0.25) is 0 Å². The number of nitrogens with two attached hydrogens (primary N) is 1. The Morgan fingerprint density at radius 1 is 1.17 bits per heavy atom. The van der Waals surface area contributed by atoms with Crippen LogP contribution in [-0.4, -0.2) is 12.2 Å². The fraction of sp³-hybridized carbons (Fsp3) is 0.625. The van der Waals surface area contributed by atoms with Gasteiger partial charge in [-0.05, 0) is 41.4 Å². The van der Waals surface area contributed by atoms with Crippen molar-refractivity contribution in [1.82, 2.24) is 0 Å². The van der Waals surface area contributed by atoms with Gasteiger partial charge in [0.05, 0.1) is 0 Å². The van der Waals surface area contributed by atoms with Crippen LogP contribution in [0.3, 0.4) is 0 Å². The lowest BCUT2D eigenvalue weighted by Gasteiger charge is -2.37. The molecule has 2 heteroatoms. The highest BCUT2D eigenvalue weighted by atomic mass is 19.1. The number of benzene rings is 1. The standard InChI is InChI=1S/C16H24FN/c1-15(2,3)16(17,11-18)10-12-7-8-13-5-4-6-14(13)9-12/h7-9H,4-6,10-11,18H2,1-3H3. The van der Waals surface area contributed by atoms with Gasteiger partial charge in [0.15, 0.2) is 0 Å². The monoisotopic (exact) mass is 249 g/mol. The molecule has 2 N–H and O–H groups in total. The molecule has 0 saturated carbocycles. The maximum absolute atomic E-state index is 14.9. The number of hydrogen-bond acceptors (Lipinski definition) is 1. The lowest BCUT2D eigenvalue weighted by Crippen LogP contribution is -2.47.